The summed E-state index contributed by atoms with van der Waals surface area (Å²) in [5.74, 6) is 3.10. The van der Waals surface area contributed by atoms with Crippen LogP contribution in [0.15, 0.2) is 23.2 Å². The van der Waals surface area contributed by atoms with Crippen molar-refractivity contribution >= 4 is 29.9 Å². The predicted octanol–water partition coefficient (Wildman–Crippen LogP) is 3.58. The van der Waals surface area contributed by atoms with Gasteiger partial charge in [0.1, 0.15) is 0 Å². The van der Waals surface area contributed by atoms with E-state index in [1.54, 1.807) is 14.2 Å². The topological polar surface area (TPSA) is 55.3 Å². The first kappa shape index (κ1) is 24.1. The number of hydrogen-bond acceptors (Lipinski definition) is 4. The summed E-state index contributed by atoms with van der Waals surface area (Å²) in [5.41, 5.74) is 1.36. The number of guanidine groups is 1. The molecule has 29 heavy (non-hydrogen) atoms. The quantitative estimate of drug-likeness (QED) is 0.341. The van der Waals surface area contributed by atoms with Gasteiger partial charge in [-0.2, -0.15) is 0 Å². The Labute approximate surface area is 192 Å². The first-order valence-electron chi connectivity index (χ1n) is 10.3. The SMILES string of the molecule is CCN=C(NC1C2CCOC2C1(C)C)N(C)CCc1ccc(OC)c(OC)c1.I. The lowest BCUT2D eigenvalue weighted by Gasteiger charge is -2.55. The van der Waals surface area contributed by atoms with E-state index in [1.807, 2.05) is 12.1 Å². The smallest absolute Gasteiger partial charge is 0.193 e. The number of halogens is 1. The maximum atomic E-state index is 5.93. The summed E-state index contributed by atoms with van der Waals surface area (Å²) in [6, 6.07) is 6.51. The number of ether oxygens (including phenoxy) is 3. The first-order valence-corrected chi connectivity index (χ1v) is 10.3. The maximum absolute atomic E-state index is 5.93. The van der Waals surface area contributed by atoms with Crippen LogP contribution in [-0.4, -0.2) is 64.0 Å². The number of likely N-dealkylation sites (N-methyl/N-ethyl adjacent to an activating group) is 1. The largest absolute Gasteiger partial charge is 0.493 e. The predicted molar refractivity (Wildman–Crippen MR) is 128 cm³/mol. The van der Waals surface area contributed by atoms with Gasteiger partial charge in [-0.1, -0.05) is 19.9 Å². The van der Waals surface area contributed by atoms with E-state index in [2.05, 4.69) is 44.1 Å². The summed E-state index contributed by atoms with van der Waals surface area (Å²) in [6.45, 7) is 9.19. The summed E-state index contributed by atoms with van der Waals surface area (Å²) in [6.07, 6.45) is 2.43. The van der Waals surface area contributed by atoms with Crippen molar-refractivity contribution in [2.75, 3.05) is 41.0 Å². The van der Waals surface area contributed by atoms with Gasteiger partial charge in [-0.25, -0.2) is 0 Å². The number of benzene rings is 1. The Morgan fingerprint density at radius 3 is 2.66 bits per heavy atom. The van der Waals surface area contributed by atoms with Gasteiger partial charge in [-0.05, 0) is 37.5 Å². The molecule has 3 rings (SSSR count). The van der Waals surface area contributed by atoms with Crippen molar-refractivity contribution in [1.82, 2.24) is 10.2 Å². The van der Waals surface area contributed by atoms with Crippen LogP contribution in [0, 0.1) is 11.3 Å². The van der Waals surface area contributed by atoms with Crippen molar-refractivity contribution in [3.63, 3.8) is 0 Å². The molecule has 1 saturated carbocycles. The second-order valence-corrected chi connectivity index (χ2v) is 8.35. The molecular formula is C22H36IN3O3. The van der Waals surface area contributed by atoms with Crippen LogP contribution in [-0.2, 0) is 11.2 Å². The summed E-state index contributed by atoms with van der Waals surface area (Å²) in [4.78, 5) is 6.97. The molecule has 0 aromatic heterocycles. The number of fused-ring (bicyclic) bond motifs is 1. The van der Waals surface area contributed by atoms with E-state index < -0.39 is 0 Å². The van der Waals surface area contributed by atoms with E-state index in [9.17, 15) is 0 Å². The minimum atomic E-state index is 0. The molecule has 0 radical (unpaired) electrons. The van der Waals surface area contributed by atoms with Gasteiger partial charge >= 0.3 is 0 Å². The molecule has 3 unspecified atom stereocenters. The van der Waals surface area contributed by atoms with Crippen LogP contribution < -0.4 is 14.8 Å². The van der Waals surface area contributed by atoms with Gasteiger partial charge in [0.2, 0.25) is 0 Å². The fourth-order valence-corrected chi connectivity index (χ4v) is 4.62. The Kier molecular flexibility index (Phi) is 8.46. The van der Waals surface area contributed by atoms with Crippen LogP contribution in [0.1, 0.15) is 32.8 Å². The van der Waals surface area contributed by atoms with Crippen molar-refractivity contribution in [3.05, 3.63) is 23.8 Å². The molecule has 2 aliphatic rings. The van der Waals surface area contributed by atoms with E-state index in [4.69, 9.17) is 19.2 Å². The van der Waals surface area contributed by atoms with E-state index in [-0.39, 0.29) is 29.4 Å². The molecule has 3 atom stereocenters. The van der Waals surface area contributed by atoms with Crippen molar-refractivity contribution in [3.8, 4) is 11.5 Å². The van der Waals surface area contributed by atoms with Crippen LogP contribution in [0.4, 0.5) is 0 Å². The van der Waals surface area contributed by atoms with Crippen LogP contribution in [0.3, 0.4) is 0 Å². The molecule has 6 nitrogen and oxygen atoms in total. The van der Waals surface area contributed by atoms with Gasteiger partial charge in [-0.3, -0.25) is 4.99 Å². The summed E-state index contributed by atoms with van der Waals surface area (Å²) < 4.78 is 16.7. The Morgan fingerprint density at radius 1 is 1.28 bits per heavy atom. The number of methoxy groups -OCH3 is 2. The Bertz CT molecular complexity index is 711. The van der Waals surface area contributed by atoms with E-state index in [0.717, 1.165) is 50.0 Å². The Balaban J connectivity index is 0.00000300. The van der Waals surface area contributed by atoms with Crippen LogP contribution in [0.2, 0.25) is 0 Å². The molecule has 0 spiro atoms. The van der Waals surface area contributed by atoms with Gasteiger partial charge in [0.05, 0.1) is 20.3 Å². The third-order valence-electron chi connectivity index (χ3n) is 6.24. The molecule has 1 heterocycles. The lowest BCUT2D eigenvalue weighted by Crippen LogP contribution is -2.68. The van der Waals surface area contributed by atoms with Crippen molar-refractivity contribution in [2.45, 2.75) is 45.8 Å². The number of rotatable bonds is 7. The molecule has 164 valence electrons. The lowest BCUT2D eigenvalue weighted by molar-refractivity contribution is -0.107. The number of aliphatic imine (C=N–C) groups is 1. The number of nitrogens with one attached hydrogen (secondary N) is 1. The van der Waals surface area contributed by atoms with Crippen LogP contribution in [0.5, 0.6) is 11.5 Å². The minimum Gasteiger partial charge on any atom is -0.493 e. The molecule has 1 N–H and O–H groups in total. The minimum absolute atomic E-state index is 0. The first-order chi connectivity index (χ1) is 13.4. The second-order valence-electron chi connectivity index (χ2n) is 8.35. The number of nitrogens with zero attached hydrogens (tertiary/aromatic N) is 2. The Morgan fingerprint density at radius 2 is 2.00 bits per heavy atom. The maximum Gasteiger partial charge on any atom is 0.193 e. The monoisotopic (exact) mass is 517 g/mol. The van der Waals surface area contributed by atoms with E-state index >= 15 is 0 Å². The van der Waals surface area contributed by atoms with E-state index in [1.165, 1.54) is 5.56 Å². The van der Waals surface area contributed by atoms with Gasteiger partial charge in [0, 0.05) is 44.1 Å². The van der Waals surface area contributed by atoms with Crippen LogP contribution in [0.25, 0.3) is 0 Å². The molecule has 1 aliphatic heterocycles. The van der Waals surface area contributed by atoms with Crippen molar-refractivity contribution < 1.29 is 14.2 Å². The zero-order valence-electron chi connectivity index (χ0n) is 18.5. The van der Waals surface area contributed by atoms with Gasteiger partial charge < -0.3 is 24.4 Å². The lowest BCUT2D eigenvalue weighted by atomic mass is 9.57. The molecular weight excluding hydrogens is 481 g/mol. The number of hydrogen-bond donors (Lipinski definition) is 1. The molecule has 2 fully saturated rings. The third kappa shape index (κ3) is 4.93. The van der Waals surface area contributed by atoms with Gasteiger partial charge in [-0.15, -0.1) is 24.0 Å². The average molecular weight is 517 g/mol. The Hall–Kier alpha value is -1.22. The van der Waals surface area contributed by atoms with Crippen molar-refractivity contribution in [2.24, 2.45) is 16.3 Å². The van der Waals surface area contributed by atoms with Gasteiger partial charge in [0.15, 0.2) is 17.5 Å². The molecule has 1 saturated heterocycles. The highest BCUT2D eigenvalue weighted by molar-refractivity contribution is 14.0. The molecule has 0 amide bonds. The fraction of sp³-hybridized carbons (Fsp3) is 0.682. The zero-order chi connectivity index (χ0) is 20.3. The molecule has 0 bridgehead atoms. The normalized spacial score (nSPS) is 24.8. The van der Waals surface area contributed by atoms with Crippen LogP contribution >= 0.6 is 24.0 Å². The fourth-order valence-electron chi connectivity index (χ4n) is 4.62. The summed E-state index contributed by atoms with van der Waals surface area (Å²) in [5, 5.41) is 3.74. The van der Waals surface area contributed by atoms with E-state index in [0.29, 0.717) is 18.1 Å². The highest BCUT2D eigenvalue weighted by Gasteiger charge is 2.59. The molecule has 1 aliphatic carbocycles. The zero-order valence-corrected chi connectivity index (χ0v) is 20.9. The second kappa shape index (κ2) is 10.2. The average Bonchev–Trinajstić information content (AvgIpc) is 3.16. The molecule has 1 aromatic carbocycles. The third-order valence-corrected chi connectivity index (χ3v) is 6.24. The van der Waals surface area contributed by atoms with Crippen molar-refractivity contribution in [1.29, 1.82) is 0 Å². The summed E-state index contributed by atoms with van der Waals surface area (Å²) in [7, 11) is 5.44. The molecule has 1 aromatic rings. The highest BCUT2D eigenvalue weighted by Crippen LogP contribution is 2.52. The summed E-state index contributed by atoms with van der Waals surface area (Å²) >= 11 is 0. The molecule has 7 heteroatoms. The van der Waals surface area contributed by atoms with Gasteiger partial charge in [0.25, 0.3) is 0 Å². The highest BCUT2D eigenvalue weighted by atomic mass is 127. The standard InChI is InChI=1S/C22H35N3O3.HI/c1-7-23-21(24-19-16-11-13-28-20(16)22(19,2)3)25(4)12-10-15-8-9-17(26-5)18(14-15)27-6;/h8-9,14,16,19-20H,7,10-13H2,1-6H3,(H,23,24);1H.